The van der Waals surface area contributed by atoms with Crippen LogP contribution in [0.15, 0.2) is 12.2 Å². The summed E-state index contributed by atoms with van der Waals surface area (Å²) in [6, 6.07) is 0. The minimum atomic E-state index is -3.40. The highest BCUT2D eigenvalue weighted by Gasteiger charge is 1.98. The van der Waals surface area contributed by atoms with Gasteiger partial charge in [-0.05, 0) is 6.42 Å². The van der Waals surface area contributed by atoms with E-state index in [2.05, 4.69) is 0 Å². The molecule has 0 aliphatic rings. The standard InChI is InChI=1S/C5H9ClO3S/c6-10(8,9)5-3-1-2-4-7/h1,3,7H,2,4-5H2/b3-1-. The second-order valence-corrected chi connectivity index (χ2v) is 4.51. The number of aliphatic hydroxyl groups excluding tert-OH is 1. The third-order valence-electron chi connectivity index (χ3n) is 0.758. The molecule has 0 aromatic rings. The van der Waals surface area contributed by atoms with Crippen molar-refractivity contribution in [2.45, 2.75) is 6.42 Å². The van der Waals surface area contributed by atoms with Gasteiger partial charge in [-0.25, -0.2) is 8.42 Å². The quantitative estimate of drug-likeness (QED) is 0.511. The predicted octanol–water partition coefficient (Wildman–Crippen LogP) is 0.494. The van der Waals surface area contributed by atoms with E-state index in [-0.39, 0.29) is 12.4 Å². The highest BCUT2D eigenvalue weighted by atomic mass is 35.7. The van der Waals surface area contributed by atoms with E-state index in [0.29, 0.717) is 6.42 Å². The highest BCUT2D eigenvalue weighted by Crippen LogP contribution is 1.96. The molecule has 0 bridgehead atoms. The third-order valence-corrected chi connectivity index (χ3v) is 1.73. The SMILES string of the molecule is O=S(=O)(Cl)C/C=C\CCO. The van der Waals surface area contributed by atoms with E-state index in [1.165, 1.54) is 6.08 Å². The second-order valence-electron chi connectivity index (χ2n) is 1.69. The molecule has 0 radical (unpaired) electrons. The molecule has 0 aromatic heterocycles. The van der Waals surface area contributed by atoms with Gasteiger partial charge in [0.05, 0.1) is 5.75 Å². The first-order chi connectivity index (χ1) is 4.56. The van der Waals surface area contributed by atoms with Gasteiger partial charge in [0.15, 0.2) is 0 Å². The zero-order valence-electron chi connectivity index (χ0n) is 5.33. The minimum absolute atomic E-state index is 0.0266. The lowest BCUT2D eigenvalue weighted by Crippen LogP contribution is -1.92. The Morgan fingerprint density at radius 3 is 2.40 bits per heavy atom. The van der Waals surface area contributed by atoms with Gasteiger partial charge < -0.3 is 5.11 Å². The number of hydrogen-bond acceptors (Lipinski definition) is 3. The first-order valence-corrected chi connectivity index (χ1v) is 5.22. The molecule has 0 aliphatic carbocycles. The molecule has 0 aliphatic heterocycles. The second kappa shape index (κ2) is 4.71. The Bertz CT molecular complexity index is 195. The van der Waals surface area contributed by atoms with Crippen LogP contribution in [-0.4, -0.2) is 25.9 Å². The average Bonchev–Trinajstić information content (AvgIpc) is 1.78. The lowest BCUT2D eigenvalue weighted by Gasteiger charge is -1.85. The van der Waals surface area contributed by atoms with Crippen LogP contribution in [0.3, 0.4) is 0 Å². The van der Waals surface area contributed by atoms with Gasteiger partial charge in [-0.2, -0.15) is 0 Å². The average molecular weight is 185 g/mol. The summed E-state index contributed by atoms with van der Waals surface area (Å²) < 4.78 is 20.5. The fourth-order valence-electron chi connectivity index (χ4n) is 0.375. The normalized spacial score (nSPS) is 12.6. The Kier molecular flexibility index (Phi) is 4.68. The van der Waals surface area contributed by atoms with Gasteiger partial charge in [-0.3, -0.25) is 0 Å². The van der Waals surface area contributed by atoms with Crippen molar-refractivity contribution in [3.63, 3.8) is 0 Å². The summed E-state index contributed by atoms with van der Waals surface area (Å²) in [5, 5.41) is 8.26. The summed E-state index contributed by atoms with van der Waals surface area (Å²) in [7, 11) is 1.47. The van der Waals surface area contributed by atoms with Gasteiger partial charge in [-0.1, -0.05) is 12.2 Å². The molecule has 0 spiro atoms. The fourth-order valence-corrected chi connectivity index (χ4v) is 0.960. The van der Waals surface area contributed by atoms with Crippen LogP contribution in [0.4, 0.5) is 0 Å². The van der Waals surface area contributed by atoms with Gasteiger partial charge in [-0.15, -0.1) is 0 Å². The van der Waals surface area contributed by atoms with E-state index in [1.807, 2.05) is 0 Å². The molecule has 0 heterocycles. The van der Waals surface area contributed by atoms with E-state index in [1.54, 1.807) is 6.08 Å². The van der Waals surface area contributed by atoms with Gasteiger partial charge in [0.1, 0.15) is 0 Å². The molecular formula is C5H9ClO3S. The van der Waals surface area contributed by atoms with Crippen LogP contribution in [0.5, 0.6) is 0 Å². The molecule has 3 nitrogen and oxygen atoms in total. The van der Waals surface area contributed by atoms with E-state index in [0.717, 1.165) is 0 Å². The summed E-state index contributed by atoms with van der Waals surface area (Å²) in [6.45, 7) is 0.0266. The maximum Gasteiger partial charge on any atom is 0.236 e. The van der Waals surface area contributed by atoms with Crippen LogP contribution in [-0.2, 0) is 9.05 Å². The minimum Gasteiger partial charge on any atom is -0.396 e. The molecule has 0 unspecified atom stereocenters. The van der Waals surface area contributed by atoms with Crippen molar-refractivity contribution < 1.29 is 13.5 Å². The fraction of sp³-hybridized carbons (Fsp3) is 0.600. The molecule has 0 aromatic carbocycles. The molecule has 0 saturated carbocycles. The van der Waals surface area contributed by atoms with Gasteiger partial charge in [0.2, 0.25) is 9.05 Å². The summed E-state index contributed by atoms with van der Waals surface area (Å²) >= 11 is 0. The van der Waals surface area contributed by atoms with Crippen molar-refractivity contribution in [1.29, 1.82) is 0 Å². The third kappa shape index (κ3) is 7.94. The molecule has 0 saturated heterocycles. The van der Waals surface area contributed by atoms with Crippen molar-refractivity contribution in [3.8, 4) is 0 Å². The van der Waals surface area contributed by atoms with Gasteiger partial charge >= 0.3 is 0 Å². The Balaban J connectivity index is 3.55. The summed E-state index contributed by atoms with van der Waals surface area (Å²) in [5.41, 5.74) is 0. The largest absolute Gasteiger partial charge is 0.396 e. The Hall–Kier alpha value is -0.0600. The van der Waals surface area contributed by atoms with E-state index < -0.39 is 9.05 Å². The monoisotopic (exact) mass is 184 g/mol. The van der Waals surface area contributed by atoms with Gasteiger partial charge in [0, 0.05) is 17.3 Å². The lowest BCUT2D eigenvalue weighted by atomic mass is 10.4. The first kappa shape index (κ1) is 9.94. The Morgan fingerprint density at radius 1 is 1.40 bits per heavy atom. The van der Waals surface area contributed by atoms with Crippen LogP contribution < -0.4 is 0 Å². The molecule has 5 heteroatoms. The molecule has 0 atom stereocenters. The number of aliphatic hydroxyl groups is 1. The predicted molar refractivity (Wildman–Crippen MR) is 40.5 cm³/mol. The maximum atomic E-state index is 10.2. The van der Waals surface area contributed by atoms with Crippen LogP contribution in [0.1, 0.15) is 6.42 Å². The van der Waals surface area contributed by atoms with E-state index in [4.69, 9.17) is 15.8 Å². The summed E-state index contributed by atoms with van der Waals surface area (Å²) in [6.07, 6.45) is 3.45. The zero-order valence-corrected chi connectivity index (χ0v) is 6.90. The van der Waals surface area contributed by atoms with Crippen LogP contribution in [0.25, 0.3) is 0 Å². The number of hydrogen-bond donors (Lipinski definition) is 1. The van der Waals surface area contributed by atoms with Crippen molar-refractivity contribution in [2.75, 3.05) is 12.4 Å². The van der Waals surface area contributed by atoms with Crippen molar-refractivity contribution >= 4 is 19.7 Å². The lowest BCUT2D eigenvalue weighted by molar-refractivity contribution is 0.302. The van der Waals surface area contributed by atoms with Crippen LogP contribution in [0, 0.1) is 0 Å². The molecule has 60 valence electrons. The molecular weight excluding hydrogens is 176 g/mol. The molecule has 1 N–H and O–H groups in total. The van der Waals surface area contributed by atoms with E-state index >= 15 is 0 Å². The topological polar surface area (TPSA) is 54.4 Å². The highest BCUT2D eigenvalue weighted by molar-refractivity contribution is 8.13. The summed E-state index contributed by atoms with van der Waals surface area (Å²) in [4.78, 5) is 0. The van der Waals surface area contributed by atoms with Crippen molar-refractivity contribution in [3.05, 3.63) is 12.2 Å². The number of rotatable bonds is 4. The smallest absolute Gasteiger partial charge is 0.236 e. The maximum absolute atomic E-state index is 10.2. The first-order valence-electron chi connectivity index (χ1n) is 2.74. The van der Waals surface area contributed by atoms with Crippen LogP contribution >= 0.6 is 10.7 Å². The van der Waals surface area contributed by atoms with Gasteiger partial charge in [0.25, 0.3) is 0 Å². The van der Waals surface area contributed by atoms with E-state index in [9.17, 15) is 8.42 Å². The summed E-state index contributed by atoms with van der Waals surface area (Å²) in [5.74, 6) is -0.172. The molecule has 0 fully saturated rings. The molecule has 10 heavy (non-hydrogen) atoms. The van der Waals surface area contributed by atoms with Crippen molar-refractivity contribution in [1.82, 2.24) is 0 Å². The number of halogens is 1. The van der Waals surface area contributed by atoms with Crippen molar-refractivity contribution in [2.24, 2.45) is 0 Å². The van der Waals surface area contributed by atoms with Crippen LogP contribution in [0.2, 0.25) is 0 Å². The Labute approximate surface area is 64.7 Å². The Morgan fingerprint density at radius 2 is 2.00 bits per heavy atom. The zero-order chi connectivity index (χ0) is 8.04. The molecule has 0 amide bonds. The molecule has 0 rings (SSSR count).